The number of ether oxygens (including phenoxy) is 1. The van der Waals surface area contributed by atoms with Crippen molar-refractivity contribution in [3.63, 3.8) is 0 Å². The zero-order valence-corrected chi connectivity index (χ0v) is 17.9. The van der Waals surface area contributed by atoms with Crippen LogP contribution < -0.4 is 4.90 Å². The van der Waals surface area contributed by atoms with Crippen LogP contribution in [0.25, 0.3) is 0 Å². The predicted molar refractivity (Wildman–Crippen MR) is 122 cm³/mol. The molecule has 0 aliphatic rings. The fraction of sp³-hybridized carbons (Fsp3) is 0.269. The molecule has 152 valence electrons. The van der Waals surface area contributed by atoms with Gasteiger partial charge in [0.15, 0.2) is 0 Å². The maximum Gasteiger partial charge on any atom is 0.333 e. The van der Waals surface area contributed by atoms with E-state index in [0.29, 0.717) is 18.6 Å². The van der Waals surface area contributed by atoms with E-state index in [2.05, 4.69) is 92.1 Å². The first-order valence-corrected chi connectivity index (χ1v) is 10.1. The minimum atomic E-state index is -0.340. The van der Waals surface area contributed by atoms with E-state index in [9.17, 15) is 4.79 Å². The van der Waals surface area contributed by atoms with Gasteiger partial charge in [-0.3, -0.25) is 0 Å². The van der Waals surface area contributed by atoms with E-state index in [1.165, 1.54) is 5.56 Å². The molecule has 2 aromatic carbocycles. The highest BCUT2D eigenvalue weighted by Gasteiger charge is 2.13. The van der Waals surface area contributed by atoms with Crippen molar-refractivity contribution in [2.24, 2.45) is 0 Å². The SMILES string of the molecule is C=C(C)C(=O)OCCc1ccc(N(C(/C=C\C)=C/CC)c2cccc(C)c2)cc1. The molecule has 0 unspecified atom stereocenters. The Balaban J connectivity index is 2.28. The lowest BCUT2D eigenvalue weighted by Gasteiger charge is -2.27. The van der Waals surface area contributed by atoms with Crippen molar-refractivity contribution in [2.75, 3.05) is 11.5 Å². The number of allylic oxidation sites excluding steroid dienone is 3. The van der Waals surface area contributed by atoms with E-state index in [1.807, 2.05) is 6.92 Å². The first-order valence-electron chi connectivity index (χ1n) is 10.1. The van der Waals surface area contributed by atoms with Gasteiger partial charge in [0.2, 0.25) is 0 Å². The third kappa shape index (κ3) is 6.49. The van der Waals surface area contributed by atoms with Crippen LogP contribution in [0, 0.1) is 6.92 Å². The zero-order chi connectivity index (χ0) is 21.2. The number of benzene rings is 2. The second-order valence-corrected chi connectivity index (χ2v) is 7.04. The summed E-state index contributed by atoms with van der Waals surface area (Å²) in [5.41, 5.74) is 6.14. The Hall–Kier alpha value is -3.07. The number of hydrogen-bond acceptors (Lipinski definition) is 3. The molecule has 3 heteroatoms. The van der Waals surface area contributed by atoms with Gasteiger partial charge in [-0.1, -0.05) is 49.9 Å². The molecular weight excluding hydrogens is 358 g/mol. The Morgan fingerprint density at radius 1 is 1.14 bits per heavy atom. The molecule has 0 aromatic heterocycles. The van der Waals surface area contributed by atoms with Gasteiger partial charge < -0.3 is 9.64 Å². The minimum Gasteiger partial charge on any atom is -0.462 e. The van der Waals surface area contributed by atoms with Crippen molar-refractivity contribution in [1.82, 2.24) is 0 Å². The van der Waals surface area contributed by atoms with Crippen LogP contribution in [-0.4, -0.2) is 12.6 Å². The van der Waals surface area contributed by atoms with E-state index >= 15 is 0 Å². The highest BCUT2D eigenvalue weighted by Crippen LogP contribution is 2.31. The van der Waals surface area contributed by atoms with Gasteiger partial charge in [0.25, 0.3) is 0 Å². The molecule has 3 nitrogen and oxygen atoms in total. The number of aryl methyl sites for hydroxylation is 1. The fourth-order valence-electron chi connectivity index (χ4n) is 3.02. The largest absolute Gasteiger partial charge is 0.462 e. The van der Waals surface area contributed by atoms with E-state index in [-0.39, 0.29) is 5.97 Å². The van der Waals surface area contributed by atoms with Crippen molar-refractivity contribution in [2.45, 2.75) is 40.5 Å². The van der Waals surface area contributed by atoms with Crippen LogP contribution in [0.3, 0.4) is 0 Å². The monoisotopic (exact) mass is 389 g/mol. The van der Waals surface area contributed by atoms with Crippen LogP contribution in [0.4, 0.5) is 11.4 Å². The second kappa shape index (κ2) is 11.1. The van der Waals surface area contributed by atoms with Gasteiger partial charge in [-0.05, 0) is 68.7 Å². The average Bonchev–Trinajstić information content (AvgIpc) is 2.69. The third-order valence-corrected chi connectivity index (χ3v) is 4.44. The van der Waals surface area contributed by atoms with Crippen LogP contribution in [0.15, 0.2) is 84.6 Å². The Morgan fingerprint density at radius 3 is 2.45 bits per heavy atom. The summed E-state index contributed by atoms with van der Waals surface area (Å²) in [6.45, 7) is 11.9. The Labute approximate surface area is 175 Å². The molecule has 29 heavy (non-hydrogen) atoms. The molecule has 0 aliphatic carbocycles. The highest BCUT2D eigenvalue weighted by atomic mass is 16.5. The Kier molecular flexibility index (Phi) is 8.47. The second-order valence-electron chi connectivity index (χ2n) is 7.04. The molecule has 2 rings (SSSR count). The van der Waals surface area contributed by atoms with Gasteiger partial charge in [0, 0.05) is 29.1 Å². The number of anilines is 2. The van der Waals surface area contributed by atoms with Gasteiger partial charge in [-0.15, -0.1) is 0 Å². The van der Waals surface area contributed by atoms with Crippen molar-refractivity contribution in [1.29, 1.82) is 0 Å². The molecule has 0 aliphatic heterocycles. The number of carbonyl (C=O) groups excluding carboxylic acids is 1. The number of rotatable bonds is 9. The van der Waals surface area contributed by atoms with Gasteiger partial charge >= 0.3 is 5.97 Å². The molecule has 0 N–H and O–H groups in total. The molecule has 0 atom stereocenters. The number of carbonyl (C=O) groups is 1. The number of esters is 1. The van der Waals surface area contributed by atoms with E-state index in [4.69, 9.17) is 4.74 Å². The molecular formula is C26H31NO2. The van der Waals surface area contributed by atoms with Crippen molar-refractivity contribution >= 4 is 17.3 Å². The third-order valence-electron chi connectivity index (χ3n) is 4.44. The van der Waals surface area contributed by atoms with Crippen molar-refractivity contribution in [3.05, 3.63) is 95.7 Å². The standard InChI is InChI=1S/C26H31NO2/c1-6-9-23(10-7-2)27(25-12-8-11-21(5)19-25)24-15-13-22(14-16-24)17-18-29-26(28)20(3)4/h6,8-16,19H,3,7,17-18H2,1-2,4-5H3/b9-6-,23-10+. The molecule has 0 fully saturated rings. The van der Waals surface area contributed by atoms with Gasteiger partial charge in [-0.25, -0.2) is 4.79 Å². The molecule has 0 amide bonds. The van der Waals surface area contributed by atoms with E-state index < -0.39 is 0 Å². The predicted octanol–water partition coefficient (Wildman–Crippen LogP) is 6.66. The highest BCUT2D eigenvalue weighted by molar-refractivity contribution is 5.86. The topological polar surface area (TPSA) is 29.5 Å². The molecule has 0 saturated heterocycles. The maximum atomic E-state index is 11.5. The summed E-state index contributed by atoms with van der Waals surface area (Å²) in [6.07, 6.45) is 8.06. The quantitative estimate of drug-likeness (QED) is 0.273. The lowest BCUT2D eigenvalue weighted by Crippen LogP contribution is -2.15. The first-order chi connectivity index (χ1) is 14.0. The summed E-state index contributed by atoms with van der Waals surface area (Å²) in [5, 5.41) is 0. The van der Waals surface area contributed by atoms with Crippen LogP contribution in [0.1, 0.15) is 38.3 Å². The minimum absolute atomic E-state index is 0.340. The van der Waals surface area contributed by atoms with E-state index in [1.54, 1.807) is 6.92 Å². The van der Waals surface area contributed by atoms with Gasteiger partial charge in [0.1, 0.15) is 0 Å². The lowest BCUT2D eigenvalue weighted by molar-refractivity contribution is -0.138. The van der Waals surface area contributed by atoms with Crippen LogP contribution in [0.5, 0.6) is 0 Å². The number of nitrogens with zero attached hydrogens (tertiary/aromatic N) is 1. The number of hydrogen-bond donors (Lipinski definition) is 0. The maximum absolute atomic E-state index is 11.5. The molecule has 0 heterocycles. The Bertz CT molecular complexity index is 891. The molecule has 2 aromatic rings. The normalized spacial score (nSPS) is 11.5. The smallest absolute Gasteiger partial charge is 0.333 e. The summed E-state index contributed by atoms with van der Waals surface area (Å²) < 4.78 is 5.20. The van der Waals surface area contributed by atoms with Gasteiger partial charge in [-0.2, -0.15) is 0 Å². The van der Waals surface area contributed by atoms with Crippen molar-refractivity contribution in [3.8, 4) is 0 Å². The summed E-state index contributed by atoms with van der Waals surface area (Å²) in [4.78, 5) is 13.8. The summed E-state index contributed by atoms with van der Waals surface area (Å²) >= 11 is 0. The summed E-state index contributed by atoms with van der Waals surface area (Å²) in [5.74, 6) is -0.340. The lowest BCUT2D eigenvalue weighted by atomic mass is 10.1. The first kappa shape index (κ1) is 22.2. The molecule has 0 bridgehead atoms. The van der Waals surface area contributed by atoms with Gasteiger partial charge in [0.05, 0.1) is 6.61 Å². The van der Waals surface area contributed by atoms with Crippen LogP contribution in [0.2, 0.25) is 0 Å². The fourth-order valence-corrected chi connectivity index (χ4v) is 3.02. The molecule has 0 radical (unpaired) electrons. The summed E-state index contributed by atoms with van der Waals surface area (Å²) in [6, 6.07) is 16.9. The molecule has 0 saturated carbocycles. The Morgan fingerprint density at radius 2 is 1.86 bits per heavy atom. The van der Waals surface area contributed by atoms with Crippen molar-refractivity contribution < 1.29 is 9.53 Å². The molecule has 0 spiro atoms. The van der Waals surface area contributed by atoms with Crippen LogP contribution >= 0.6 is 0 Å². The average molecular weight is 390 g/mol. The van der Waals surface area contributed by atoms with Crippen LogP contribution in [-0.2, 0) is 16.0 Å². The summed E-state index contributed by atoms with van der Waals surface area (Å²) in [7, 11) is 0. The van der Waals surface area contributed by atoms with E-state index in [0.717, 1.165) is 29.1 Å². The zero-order valence-electron chi connectivity index (χ0n) is 17.9.